The standard InChI is InChI=1S/C18H19N3O3S/c22-17-5-2-7-21(17)14-4-1-3-13(11-14)15-12-25-16(19-15)6-8-20-9-10-24-18(20)23/h1,3-4,11-12H,2,5-10H2. The van der Waals surface area contributed by atoms with Crippen LogP contribution in [-0.2, 0) is 16.0 Å². The van der Waals surface area contributed by atoms with Gasteiger partial charge in [-0.2, -0.15) is 0 Å². The average molecular weight is 357 g/mol. The third kappa shape index (κ3) is 3.37. The molecule has 0 bridgehead atoms. The van der Waals surface area contributed by atoms with E-state index in [0.717, 1.165) is 41.3 Å². The summed E-state index contributed by atoms with van der Waals surface area (Å²) >= 11 is 1.60. The fourth-order valence-electron chi connectivity index (χ4n) is 3.17. The van der Waals surface area contributed by atoms with Crippen molar-refractivity contribution < 1.29 is 14.3 Å². The van der Waals surface area contributed by atoms with Crippen molar-refractivity contribution in [1.82, 2.24) is 9.88 Å². The second-order valence-corrected chi connectivity index (χ2v) is 7.12. The number of carbonyl (C=O) groups is 2. The molecule has 0 atom stereocenters. The molecule has 1 aromatic carbocycles. The number of hydrogen-bond donors (Lipinski definition) is 0. The Morgan fingerprint density at radius 2 is 2.16 bits per heavy atom. The molecule has 2 aliphatic heterocycles. The van der Waals surface area contributed by atoms with Crippen molar-refractivity contribution in [3.05, 3.63) is 34.7 Å². The van der Waals surface area contributed by atoms with E-state index in [-0.39, 0.29) is 12.0 Å². The minimum atomic E-state index is -0.236. The zero-order chi connectivity index (χ0) is 17.2. The Labute approximate surface area is 150 Å². The van der Waals surface area contributed by atoms with Gasteiger partial charge in [0.25, 0.3) is 0 Å². The lowest BCUT2D eigenvalue weighted by Crippen LogP contribution is -2.26. The van der Waals surface area contributed by atoms with Gasteiger partial charge in [0.15, 0.2) is 0 Å². The first-order valence-electron chi connectivity index (χ1n) is 8.47. The molecule has 0 radical (unpaired) electrons. The van der Waals surface area contributed by atoms with Crippen molar-refractivity contribution >= 4 is 29.0 Å². The quantitative estimate of drug-likeness (QED) is 0.825. The highest BCUT2D eigenvalue weighted by atomic mass is 32.1. The second kappa shape index (κ2) is 6.84. The number of cyclic esters (lactones) is 1. The van der Waals surface area contributed by atoms with Gasteiger partial charge in [0.2, 0.25) is 5.91 Å². The van der Waals surface area contributed by atoms with Crippen LogP contribution in [-0.4, -0.2) is 48.1 Å². The predicted molar refractivity (Wildman–Crippen MR) is 95.8 cm³/mol. The van der Waals surface area contributed by atoms with Crippen LogP contribution in [0, 0.1) is 0 Å². The molecule has 0 unspecified atom stereocenters. The Hall–Kier alpha value is -2.41. The Bertz CT molecular complexity index is 804. The molecule has 3 heterocycles. The summed E-state index contributed by atoms with van der Waals surface area (Å²) < 4.78 is 4.94. The molecule has 0 spiro atoms. The van der Waals surface area contributed by atoms with Crippen LogP contribution >= 0.6 is 11.3 Å². The van der Waals surface area contributed by atoms with Gasteiger partial charge >= 0.3 is 6.09 Å². The van der Waals surface area contributed by atoms with Gasteiger partial charge < -0.3 is 14.5 Å². The van der Waals surface area contributed by atoms with Crippen molar-refractivity contribution in [2.24, 2.45) is 0 Å². The number of rotatable bonds is 5. The minimum absolute atomic E-state index is 0.189. The molecule has 0 N–H and O–H groups in total. The summed E-state index contributed by atoms with van der Waals surface area (Å²) in [6.45, 7) is 2.55. The number of anilines is 1. The number of benzene rings is 1. The highest BCUT2D eigenvalue weighted by Crippen LogP contribution is 2.28. The Balaban J connectivity index is 1.46. The van der Waals surface area contributed by atoms with Crippen molar-refractivity contribution in [2.75, 3.05) is 31.1 Å². The Morgan fingerprint density at radius 1 is 1.24 bits per heavy atom. The van der Waals surface area contributed by atoms with E-state index < -0.39 is 0 Å². The molecule has 2 saturated heterocycles. The van der Waals surface area contributed by atoms with Gasteiger partial charge in [-0.1, -0.05) is 12.1 Å². The summed E-state index contributed by atoms with van der Waals surface area (Å²) in [6, 6.07) is 7.98. The SMILES string of the molecule is O=C1OCCN1CCc1nc(-c2cccc(N3CCCC3=O)c2)cs1. The summed E-state index contributed by atoms with van der Waals surface area (Å²) in [5.41, 5.74) is 2.87. The number of thiazole rings is 1. The zero-order valence-corrected chi connectivity index (χ0v) is 14.6. The molecule has 25 heavy (non-hydrogen) atoms. The molecule has 130 valence electrons. The molecular formula is C18H19N3O3S. The lowest BCUT2D eigenvalue weighted by molar-refractivity contribution is -0.117. The monoisotopic (exact) mass is 357 g/mol. The van der Waals surface area contributed by atoms with Gasteiger partial charge in [0.1, 0.15) is 6.61 Å². The average Bonchev–Trinajstić information content (AvgIpc) is 3.34. The van der Waals surface area contributed by atoms with E-state index in [9.17, 15) is 9.59 Å². The fourth-order valence-corrected chi connectivity index (χ4v) is 3.97. The normalized spacial score (nSPS) is 17.4. The van der Waals surface area contributed by atoms with E-state index in [1.807, 2.05) is 34.5 Å². The zero-order valence-electron chi connectivity index (χ0n) is 13.8. The van der Waals surface area contributed by atoms with E-state index in [0.29, 0.717) is 26.1 Å². The summed E-state index contributed by atoms with van der Waals surface area (Å²) in [4.78, 5) is 31.6. The first-order chi connectivity index (χ1) is 12.2. The van der Waals surface area contributed by atoms with Crippen LogP contribution in [0.15, 0.2) is 29.6 Å². The number of hydrogen-bond acceptors (Lipinski definition) is 5. The summed E-state index contributed by atoms with van der Waals surface area (Å²) in [6.07, 6.45) is 2.04. The van der Waals surface area contributed by atoms with Gasteiger partial charge in [-0.3, -0.25) is 4.79 Å². The van der Waals surface area contributed by atoms with Crippen molar-refractivity contribution in [1.29, 1.82) is 0 Å². The Kier molecular flexibility index (Phi) is 4.40. The van der Waals surface area contributed by atoms with E-state index in [1.165, 1.54) is 0 Å². The molecule has 1 aromatic heterocycles. The number of amides is 2. The minimum Gasteiger partial charge on any atom is -0.448 e. The smallest absolute Gasteiger partial charge is 0.409 e. The molecule has 2 amide bonds. The molecule has 4 rings (SSSR count). The topological polar surface area (TPSA) is 62.7 Å². The van der Waals surface area contributed by atoms with Crippen LogP contribution in [0.2, 0.25) is 0 Å². The fraction of sp³-hybridized carbons (Fsp3) is 0.389. The molecule has 7 heteroatoms. The molecule has 2 fully saturated rings. The van der Waals surface area contributed by atoms with E-state index in [1.54, 1.807) is 16.2 Å². The number of aromatic nitrogens is 1. The maximum atomic E-state index is 11.9. The summed E-state index contributed by atoms with van der Waals surface area (Å²) in [5, 5.41) is 3.03. The van der Waals surface area contributed by atoms with Crippen LogP contribution in [0.4, 0.5) is 10.5 Å². The van der Waals surface area contributed by atoms with Crippen molar-refractivity contribution in [3.8, 4) is 11.3 Å². The summed E-state index contributed by atoms with van der Waals surface area (Å²) in [5.74, 6) is 0.189. The number of nitrogens with zero attached hydrogens (tertiary/aromatic N) is 3. The van der Waals surface area contributed by atoms with Gasteiger partial charge in [0, 0.05) is 42.6 Å². The van der Waals surface area contributed by atoms with Crippen LogP contribution < -0.4 is 4.90 Å². The molecule has 6 nitrogen and oxygen atoms in total. The first kappa shape index (κ1) is 16.1. The van der Waals surface area contributed by atoms with Crippen LogP contribution in [0.3, 0.4) is 0 Å². The predicted octanol–water partition coefficient (Wildman–Crippen LogP) is 2.93. The van der Waals surface area contributed by atoms with E-state index in [2.05, 4.69) is 4.98 Å². The third-order valence-corrected chi connectivity index (χ3v) is 5.43. The molecule has 0 saturated carbocycles. The van der Waals surface area contributed by atoms with Gasteiger partial charge in [-0.15, -0.1) is 11.3 Å². The van der Waals surface area contributed by atoms with Gasteiger partial charge in [-0.25, -0.2) is 9.78 Å². The second-order valence-electron chi connectivity index (χ2n) is 6.18. The van der Waals surface area contributed by atoms with Crippen molar-refractivity contribution in [3.63, 3.8) is 0 Å². The van der Waals surface area contributed by atoms with E-state index in [4.69, 9.17) is 4.74 Å². The number of ether oxygens (including phenoxy) is 1. The highest BCUT2D eigenvalue weighted by Gasteiger charge is 2.23. The van der Waals surface area contributed by atoms with Gasteiger partial charge in [-0.05, 0) is 18.6 Å². The highest BCUT2D eigenvalue weighted by molar-refractivity contribution is 7.09. The first-order valence-corrected chi connectivity index (χ1v) is 9.35. The maximum Gasteiger partial charge on any atom is 0.409 e. The van der Waals surface area contributed by atoms with E-state index >= 15 is 0 Å². The third-order valence-electron chi connectivity index (χ3n) is 4.52. The lowest BCUT2D eigenvalue weighted by Gasteiger charge is -2.16. The van der Waals surface area contributed by atoms with Gasteiger partial charge in [0.05, 0.1) is 17.2 Å². The molecule has 0 aliphatic carbocycles. The molecule has 2 aromatic rings. The largest absolute Gasteiger partial charge is 0.448 e. The Morgan fingerprint density at radius 3 is 2.92 bits per heavy atom. The summed E-state index contributed by atoms with van der Waals surface area (Å²) in [7, 11) is 0. The molecule has 2 aliphatic rings. The number of carbonyl (C=O) groups excluding carboxylic acids is 2. The molecular weight excluding hydrogens is 338 g/mol. The van der Waals surface area contributed by atoms with Crippen molar-refractivity contribution in [2.45, 2.75) is 19.3 Å². The van der Waals surface area contributed by atoms with Crippen LogP contribution in [0.25, 0.3) is 11.3 Å². The van der Waals surface area contributed by atoms with Crippen LogP contribution in [0.5, 0.6) is 0 Å². The lowest BCUT2D eigenvalue weighted by atomic mass is 10.1. The van der Waals surface area contributed by atoms with Crippen LogP contribution in [0.1, 0.15) is 17.8 Å². The maximum absolute atomic E-state index is 11.9.